The van der Waals surface area contributed by atoms with Gasteiger partial charge in [-0.2, -0.15) is 0 Å². The van der Waals surface area contributed by atoms with Gasteiger partial charge in [0.1, 0.15) is 0 Å². The first-order valence-corrected chi connectivity index (χ1v) is 12.0. The number of benzene rings is 1. The van der Waals surface area contributed by atoms with E-state index in [4.69, 9.17) is 0 Å². The van der Waals surface area contributed by atoms with Crippen molar-refractivity contribution in [3.63, 3.8) is 0 Å². The number of thioether (sulfide) groups is 1. The number of sulfone groups is 1. The van der Waals surface area contributed by atoms with E-state index in [1.807, 2.05) is 19.9 Å². The van der Waals surface area contributed by atoms with Crippen LogP contribution in [0.1, 0.15) is 33.2 Å². The number of amides is 1. The largest absolute Gasteiger partial charge is 0.341 e. The van der Waals surface area contributed by atoms with Gasteiger partial charge in [-0.25, -0.2) is 13.4 Å². The van der Waals surface area contributed by atoms with Gasteiger partial charge >= 0.3 is 0 Å². The van der Waals surface area contributed by atoms with Gasteiger partial charge in [-0.05, 0) is 39.3 Å². The maximum Gasteiger partial charge on any atom is 0.262 e. The molecule has 1 amide bonds. The van der Waals surface area contributed by atoms with E-state index in [0.29, 0.717) is 22.5 Å². The molecule has 0 spiro atoms. The Morgan fingerprint density at radius 1 is 1.29 bits per heavy atom. The third-order valence-electron chi connectivity index (χ3n) is 5.03. The molecule has 0 aliphatic carbocycles. The van der Waals surface area contributed by atoms with Crippen molar-refractivity contribution in [1.29, 1.82) is 0 Å². The van der Waals surface area contributed by atoms with Gasteiger partial charge in [-0.3, -0.25) is 14.2 Å². The summed E-state index contributed by atoms with van der Waals surface area (Å²) < 4.78 is 25.0. The van der Waals surface area contributed by atoms with Crippen molar-refractivity contribution in [3.05, 3.63) is 34.6 Å². The van der Waals surface area contributed by atoms with E-state index >= 15 is 0 Å². The predicted molar refractivity (Wildman–Crippen MR) is 112 cm³/mol. The van der Waals surface area contributed by atoms with Crippen LogP contribution in [0.15, 0.2) is 34.2 Å². The van der Waals surface area contributed by atoms with Gasteiger partial charge in [0.05, 0.1) is 27.7 Å². The van der Waals surface area contributed by atoms with Crippen LogP contribution in [-0.4, -0.2) is 58.6 Å². The van der Waals surface area contributed by atoms with Crippen LogP contribution in [0.25, 0.3) is 10.9 Å². The molecule has 1 aliphatic rings. The maximum absolute atomic E-state index is 12.9. The van der Waals surface area contributed by atoms with Crippen molar-refractivity contribution >= 4 is 38.4 Å². The highest BCUT2D eigenvalue weighted by molar-refractivity contribution is 8.00. The van der Waals surface area contributed by atoms with Crippen molar-refractivity contribution in [1.82, 2.24) is 14.5 Å². The predicted octanol–water partition coefficient (Wildman–Crippen LogP) is 2.10. The van der Waals surface area contributed by atoms with E-state index in [0.717, 1.165) is 0 Å². The van der Waals surface area contributed by atoms with Crippen LogP contribution in [0.4, 0.5) is 0 Å². The third kappa shape index (κ3) is 4.10. The van der Waals surface area contributed by atoms with Crippen LogP contribution >= 0.6 is 11.8 Å². The van der Waals surface area contributed by atoms with E-state index in [1.165, 1.54) is 16.7 Å². The molecule has 0 bridgehead atoms. The Hall–Kier alpha value is -1.87. The number of nitrogens with zero attached hydrogens (tertiary/aromatic N) is 3. The Balaban J connectivity index is 1.88. The molecule has 0 unspecified atom stereocenters. The Labute approximate surface area is 169 Å². The minimum atomic E-state index is -3.06. The van der Waals surface area contributed by atoms with Crippen molar-refractivity contribution in [2.75, 3.05) is 18.6 Å². The number of hydrogen-bond donors (Lipinski definition) is 0. The summed E-state index contributed by atoms with van der Waals surface area (Å²) in [5.41, 5.74) is 0.472. The molecule has 1 saturated heterocycles. The van der Waals surface area contributed by atoms with E-state index < -0.39 is 15.1 Å². The zero-order valence-corrected chi connectivity index (χ0v) is 18.1. The van der Waals surface area contributed by atoms with Gasteiger partial charge in [0.15, 0.2) is 15.0 Å². The molecule has 152 valence electrons. The summed E-state index contributed by atoms with van der Waals surface area (Å²) in [6.07, 6.45) is 0.465. The average Bonchev–Trinajstić information content (AvgIpc) is 3.00. The molecule has 2 aromatic rings. The van der Waals surface area contributed by atoms with Gasteiger partial charge in [-0.15, -0.1) is 0 Å². The number of aromatic nitrogens is 2. The SMILES string of the molecule is CC(C)n1c(S[C@H](C)C(=O)N(C)[C@H]2CCS(=O)(=O)C2)nc2ccccc2c1=O. The molecule has 1 fully saturated rings. The standard InChI is InChI=1S/C19H25N3O4S2/c1-12(2)22-18(24)15-7-5-6-8-16(15)20-19(22)27-13(3)17(23)21(4)14-9-10-28(25,26)11-14/h5-8,12-14H,9-11H2,1-4H3/t13-,14+/m1/s1. The molecule has 3 rings (SSSR count). The number of carbonyl (C=O) groups excluding carboxylic acids is 1. The average molecular weight is 424 g/mol. The summed E-state index contributed by atoms with van der Waals surface area (Å²) in [4.78, 5) is 31.9. The van der Waals surface area contributed by atoms with Gasteiger partial charge in [0.25, 0.3) is 5.56 Å². The van der Waals surface area contributed by atoms with Crippen molar-refractivity contribution in [2.45, 2.75) is 49.7 Å². The summed E-state index contributed by atoms with van der Waals surface area (Å²) in [5.74, 6) is -0.0298. The first kappa shape index (κ1) is 20.9. The zero-order valence-electron chi connectivity index (χ0n) is 16.5. The van der Waals surface area contributed by atoms with Crippen LogP contribution in [0.5, 0.6) is 0 Å². The Morgan fingerprint density at radius 2 is 1.96 bits per heavy atom. The lowest BCUT2D eigenvalue weighted by atomic mass is 10.2. The van der Waals surface area contributed by atoms with E-state index in [-0.39, 0.29) is 35.1 Å². The highest BCUT2D eigenvalue weighted by atomic mass is 32.2. The maximum atomic E-state index is 12.9. The molecule has 0 N–H and O–H groups in total. The van der Waals surface area contributed by atoms with Crippen molar-refractivity contribution < 1.29 is 13.2 Å². The number of fused-ring (bicyclic) bond motifs is 1. The Morgan fingerprint density at radius 3 is 2.57 bits per heavy atom. The van der Waals surface area contributed by atoms with Gasteiger partial charge in [0.2, 0.25) is 5.91 Å². The second-order valence-electron chi connectivity index (χ2n) is 7.45. The Kier molecular flexibility index (Phi) is 5.86. The number of para-hydroxylation sites is 1. The van der Waals surface area contributed by atoms with E-state index in [1.54, 1.807) is 36.7 Å². The topological polar surface area (TPSA) is 89.3 Å². The minimum absolute atomic E-state index is 0.0115. The van der Waals surface area contributed by atoms with E-state index in [9.17, 15) is 18.0 Å². The lowest BCUT2D eigenvalue weighted by molar-refractivity contribution is -0.130. The fourth-order valence-corrected chi connectivity index (χ4v) is 6.34. The van der Waals surface area contributed by atoms with Gasteiger partial charge in [0, 0.05) is 19.1 Å². The summed E-state index contributed by atoms with van der Waals surface area (Å²) in [6, 6.07) is 6.77. The number of hydrogen-bond acceptors (Lipinski definition) is 6. The third-order valence-corrected chi connectivity index (χ3v) is 7.83. The Bertz CT molecular complexity index is 1060. The van der Waals surface area contributed by atoms with Crippen LogP contribution in [0.3, 0.4) is 0 Å². The summed E-state index contributed by atoms with van der Waals surface area (Å²) in [5, 5.41) is 0.547. The molecule has 0 radical (unpaired) electrons. The van der Waals surface area contributed by atoms with Crippen LogP contribution in [0, 0.1) is 0 Å². The summed E-state index contributed by atoms with van der Waals surface area (Å²) in [7, 11) is -1.42. The van der Waals surface area contributed by atoms with Gasteiger partial charge < -0.3 is 4.90 Å². The van der Waals surface area contributed by atoms with Crippen LogP contribution in [-0.2, 0) is 14.6 Å². The van der Waals surface area contributed by atoms with Crippen LogP contribution < -0.4 is 5.56 Å². The molecular formula is C19H25N3O4S2. The minimum Gasteiger partial charge on any atom is -0.341 e. The molecule has 1 aromatic heterocycles. The normalized spacial score (nSPS) is 19.8. The first-order chi connectivity index (χ1) is 13.1. The molecule has 9 heteroatoms. The highest BCUT2D eigenvalue weighted by Crippen LogP contribution is 2.27. The molecule has 7 nitrogen and oxygen atoms in total. The molecule has 1 aromatic carbocycles. The first-order valence-electron chi connectivity index (χ1n) is 9.25. The molecule has 28 heavy (non-hydrogen) atoms. The van der Waals surface area contributed by atoms with Crippen LogP contribution in [0.2, 0.25) is 0 Å². The summed E-state index contributed by atoms with van der Waals surface area (Å²) >= 11 is 1.23. The molecule has 0 saturated carbocycles. The lowest BCUT2D eigenvalue weighted by Gasteiger charge is -2.26. The molecule has 2 heterocycles. The quantitative estimate of drug-likeness (QED) is 0.540. The van der Waals surface area contributed by atoms with E-state index in [2.05, 4.69) is 4.98 Å². The van der Waals surface area contributed by atoms with Crippen molar-refractivity contribution in [3.8, 4) is 0 Å². The molecular weight excluding hydrogens is 398 g/mol. The fraction of sp³-hybridized carbons (Fsp3) is 0.526. The molecule has 1 aliphatic heterocycles. The number of carbonyl (C=O) groups is 1. The van der Waals surface area contributed by atoms with Gasteiger partial charge in [-0.1, -0.05) is 23.9 Å². The monoisotopic (exact) mass is 423 g/mol. The highest BCUT2D eigenvalue weighted by Gasteiger charge is 2.34. The fourth-order valence-electron chi connectivity index (χ4n) is 3.42. The van der Waals surface area contributed by atoms with Crippen molar-refractivity contribution in [2.24, 2.45) is 0 Å². The molecule has 2 atom stereocenters. The summed E-state index contributed by atoms with van der Waals surface area (Å²) in [6.45, 7) is 5.58. The smallest absolute Gasteiger partial charge is 0.262 e. The number of rotatable bonds is 5. The second kappa shape index (κ2) is 7.87. The zero-order chi connectivity index (χ0) is 20.6. The lowest BCUT2D eigenvalue weighted by Crippen LogP contribution is -2.42. The second-order valence-corrected chi connectivity index (χ2v) is 11.0.